The maximum Gasteiger partial charge on any atom is -0.172 e. The second-order valence-electron chi connectivity index (χ2n) is 12.2. The Morgan fingerprint density at radius 2 is 1.16 bits per heavy atom. The normalized spacial score (nSPS) is 12.9. The van der Waals surface area contributed by atoms with Crippen molar-refractivity contribution < 1.29 is 49.0 Å². The topological polar surface area (TPSA) is 0 Å². The molecule has 0 bridgehead atoms. The SMILES string of the molecule is CC(C)(c1[c-]c2c(cc1)-c1ccc(C(C)(C)c3ccccc3)cc1C2)c1ccccc1.[Cl-].[Cl-].[Zr+2]=[C]1CCC1.c1cc[cH-]c1. The van der Waals surface area contributed by atoms with Crippen molar-refractivity contribution in [2.24, 2.45) is 0 Å². The van der Waals surface area contributed by atoms with Gasteiger partial charge in [-0.2, -0.15) is 42.0 Å². The first-order valence-corrected chi connectivity index (χ1v) is 16.0. The van der Waals surface area contributed by atoms with Gasteiger partial charge in [0.2, 0.25) is 0 Å². The van der Waals surface area contributed by atoms with Crippen LogP contribution in [0, 0.1) is 6.07 Å². The molecule has 0 amide bonds. The number of halogens is 2. The summed E-state index contributed by atoms with van der Waals surface area (Å²) in [5, 5.41) is 0. The molecule has 0 radical (unpaired) electrons. The third kappa shape index (κ3) is 8.19. The first-order chi connectivity index (χ1) is 19.8. The molecule has 43 heavy (non-hydrogen) atoms. The van der Waals surface area contributed by atoms with E-state index in [0.29, 0.717) is 0 Å². The molecule has 2 aliphatic rings. The Morgan fingerprint density at radius 1 is 0.628 bits per heavy atom. The largest absolute Gasteiger partial charge is 0.214 e. The maximum atomic E-state index is 3.80. The molecule has 0 unspecified atom stereocenters. The van der Waals surface area contributed by atoms with Crippen molar-refractivity contribution in [1.82, 2.24) is 0 Å². The molecule has 0 nitrogen and oxygen atoms in total. The van der Waals surface area contributed by atoms with Crippen LogP contribution in [0.25, 0.3) is 11.1 Å². The van der Waals surface area contributed by atoms with Gasteiger partial charge in [0, 0.05) is 5.41 Å². The quantitative estimate of drug-likeness (QED) is 0.247. The van der Waals surface area contributed by atoms with E-state index in [0.717, 1.165) is 6.42 Å². The van der Waals surface area contributed by atoms with E-state index < -0.39 is 0 Å². The Kier molecular flexibility index (Phi) is 12.7. The van der Waals surface area contributed by atoms with Crippen LogP contribution in [-0.2, 0) is 41.5 Å². The zero-order chi connectivity index (χ0) is 28.9. The van der Waals surface area contributed by atoms with Crippen molar-refractivity contribution in [1.29, 1.82) is 0 Å². The van der Waals surface area contributed by atoms with Gasteiger partial charge in [-0.1, -0.05) is 112 Å². The molecule has 0 atom stereocenters. The van der Waals surface area contributed by atoms with Crippen molar-refractivity contribution >= 4 is 3.21 Å². The molecule has 7 rings (SSSR count). The van der Waals surface area contributed by atoms with E-state index in [1.54, 1.807) is 27.4 Å². The van der Waals surface area contributed by atoms with Crippen LogP contribution in [-0.4, -0.2) is 3.21 Å². The predicted molar refractivity (Wildman–Crippen MR) is 172 cm³/mol. The molecule has 1 saturated carbocycles. The van der Waals surface area contributed by atoms with E-state index in [2.05, 4.69) is 125 Å². The van der Waals surface area contributed by atoms with Gasteiger partial charge in [0.25, 0.3) is 0 Å². The van der Waals surface area contributed by atoms with E-state index in [1.807, 2.05) is 30.3 Å². The number of rotatable bonds is 4. The van der Waals surface area contributed by atoms with Gasteiger partial charge in [-0.25, -0.2) is 12.1 Å². The average molecular weight is 683 g/mol. The summed E-state index contributed by atoms with van der Waals surface area (Å²) < 4.78 is 1.78. The van der Waals surface area contributed by atoms with Crippen LogP contribution < -0.4 is 24.8 Å². The summed E-state index contributed by atoms with van der Waals surface area (Å²) in [7, 11) is 0. The Hall–Kier alpha value is -2.44. The fourth-order valence-corrected chi connectivity index (χ4v) is 6.45. The molecule has 0 heterocycles. The zero-order valence-corrected chi connectivity index (χ0v) is 29.6. The minimum Gasteiger partial charge on any atom is -0.214 e. The van der Waals surface area contributed by atoms with Gasteiger partial charge in [0.05, 0.1) is 0 Å². The summed E-state index contributed by atoms with van der Waals surface area (Å²) in [5.74, 6) is 0. The van der Waals surface area contributed by atoms with Crippen LogP contribution in [0.1, 0.15) is 80.3 Å². The van der Waals surface area contributed by atoms with Crippen LogP contribution in [0.3, 0.4) is 0 Å². The van der Waals surface area contributed by atoms with Crippen LogP contribution >= 0.6 is 0 Å². The number of fused-ring (bicyclic) bond motifs is 3. The molecule has 5 aromatic rings. The van der Waals surface area contributed by atoms with Gasteiger partial charge in [-0.05, 0) is 34.1 Å². The van der Waals surface area contributed by atoms with Gasteiger partial charge in [-0.15, -0.1) is 11.1 Å². The number of hydrogen-bond donors (Lipinski definition) is 0. The summed E-state index contributed by atoms with van der Waals surface area (Å²) in [6.45, 7) is 9.23. The van der Waals surface area contributed by atoms with Gasteiger partial charge >= 0.3 is 46.7 Å². The molecule has 220 valence electrons. The molecular formula is C40H40Cl2Zr-2. The van der Waals surface area contributed by atoms with E-state index in [-0.39, 0.29) is 35.6 Å². The van der Waals surface area contributed by atoms with Crippen molar-refractivity contribution in [2.45, 2.75) is 64.2 Å². The maximum absolute atomic E-state index is 3.80. The van der Waals surface area contributed by atoms with Crippen molar-refractivity contribution in [3.8, 4) is 11.1 Å². The van der Waals surface area contributed by atoms with Gasteiger partial charge in [0.1, 0.15) is 0 Å². The van der Waals surface area contributed by atoms with E-state index in [1.165, 1.54) is 63.8 Å². The second-order valence-corrected chi connectivity index (χ2v) is 14.0. The molecule has 0 aliphatic heterocycles. The van der Waals surface area contributed by atoms with Crippen molar-refractivity contribution in [3.05, 3.63) is 161 Å². The summed E-state index contributed by atoms with van der Waals surface area (Å²) >= 11 is 1.67. The minimum absolute atomic E-state index is 0. The molecule has 0 spiro atoms. The van der Waals surface area contributed by atoms with Gasteiger partial charge in [-0.3, -0.25) is 0 Å². The third-order valence-corrected chi connectivity index (χ3v) is 9.92. The van der Waals surface area contributed by atoms with Crippen LogP contribution in [0.5, 0.6) is 0 Å². The van der Waals surface area contributed by atoms with Crippen LogP contribution in [0.2, 0.25) is 0 Å². The minimum atomic E-state index is -0.0640. The number of hydrogen-bond acceptors (Lipinski definition) is 0. The first kappa shape index (κ1) is 35.0. The summed E-state index contributed by atoms with van der Waals surface area (Å²) in [5.41, 5.74) is 10.7. The summed E-state index contributed by atoms with van der Waals surface area (Å²) in [6, 6.07) is 47.0. The first-order valence-electron chi connectivity index (χ1n) is 14.8. The summed E-state index contributed by atoms with van der Waals surface area (Å²) in [6.07, 6.45) is 5.32. The van der Waals surface area contributed by atoms with Crippen molar-refractivity contribution in [2.75, 3.05) is 0 Å². The second kappa shape index (κ2) is 15.5. The molecule has 1 fully saturated rings. The third-order valence-electron chi connectivity index (χ3n) is 8.69. The fourth-order valence-electron chi connectivity index (χ4n) is 5.58. The molecular weight excluding hydrogens is 643 g/mol. The zero-order valence-electron chi connectivity index (χ0n) is 25.6. The molecule has 5 aromatic carbocycles. The van der Waals surface area contributed by atoms with Gasteiger partial charge in [0.15, 0.2) is 0 Å². The van der Waals surface area contributed by atoms with E-state index in [4.69, 9.17) is 0 Å². The van der Waals surface area contributed by atoms with Crippen LogP contribution in [0.15, 0.2) is 121 Å². The molecule has 0 saturated heterocycles. The molecule has 0 N–H and O–H groups in total. The standard InChI is InChI=1S/C31H29.C5H5.C4H6.2ClH.Zr/c1-30(2,24-11-7-5-8-12-24)26-15-17-28-22(20-26)19-23-21-27(16-18-29(23)28)31(3,4)25-13-9-6-10-14-25;1-2-4-5-3-1;1-2-4-3-1;;;/h5-18,20H,19H2,1-4H3;1-5H;1-3H2;2*1H;/q2*-1;;;;+2/p-2. The Morgan fingerprint density at radius 3 is 1.65 bits per heavy atom. The van der Waals surface area contributed by atoms with Gasteiger partial charge < -0.3 is 24.8 Å². The predicted octanol–water partition coefficient (Wildman–Crippen LogP) is 4.01. The molecule has 2 aliphatic carbocycles. The van der Waals surface area contributed by atoms with E-state index in [9.17, 15) is 0 Å². The Labute approximate surface area is 286 Å². The molecule has 0 aromatic heterocycles. The fraction of sp³-hybridized carbons (Fsp3) is 0.250. The van der Waals surface area contributed by atoms with Crippen LogP contribution in [0.4, 0.5) is 0 Å². The average Bonchev–Trinajstić information content (AvgIpc) is 3.69. The number of benzene rings is 4. The Bertz CT molecular complexity index is 1460. The molecule has 3 heteroatoms. The summed E-state index contributed by atoms with van der Waals surface area (Å²) in [4.78, 5) is 0. The Balaban J connectivity index is 0.000000358. The smallest absolute Gasteiger partial charge is 0.172 e. The van der Waals surface area contributed by atoms with Crippen molar-refractivity contribution in [3.63, 3.8) is 0 Å². The van der Waals surface area contributed by atoms with E-state index >= 15 is 0 Å². The monoisotopic (exact) mass is 680 g/mol.